The Balaban J connectivity index is 1.51. The highest BCUT2D eigenvalue weighted by Crippen LogP contribution is 2.46. The lowest BCUT2D eigenvalue weighted by molar-refractivity contribution is -0.137. The lowest BCUT2D eigenvalue weighted by Crippen LogP contribution is -2.45. The van der Waals surface area contributed by atoms with Gasteiger partial charge >= 0.3 is 6.18 Å². The van der Waals surface area contributed by atoms with Crippen molar-refractivity contribution in [3.63, 3.8) is 0 Å². The van der Waals surface area contributed by atoms with Gasteiger partial charge in [0, 0.05) is 57.6 Å². The van der Waals surface area contributed by atoms with E-state index in [1.54, 1.807) is 36.3 Å². The van der Waals surface area contributed by atoms with Crippen LogP contribution in [0.15, 0.2) is 30.5 Å². The summed E-state index contributed by atoms with van der Waals surface area (Å²) in [7, 11) is 1.70. The number of halogens is 3. The Morgan fingerprint density at radius 1 is 1.31 bits per heavy atom. The lowest BCUT2D eigenvalue weighted by atomic mass is 9.71. The van der Waals surface area contributed by atoms with E-state index in [9.17, 15) is 23.1 Å². The van der Waals surface area contributed by atoms with E-state index in [1.165, 1.54) is 10.7 Å². The summed E-state index contributed by atoms with van der Waals surface area (Å²) in [5.41, 5.74) is -0.699. The first kappa shape index (κ1) is 22.1. The number of carbonyl (C=O) groups is 1. The Labute approximate surface area is 183 Å². The summed E-state index contributed by atoms with van der Waals surface area (Å²) in [5.74, 6) is -0.224. The maximum Gasteiger partial charge on any atom is 0.417 e. The number of aliphatic hydroxyl groups is 1. The Morgan fingerprint density at radius 3 is 2.59 bits per heavy atom. The molecular weight excluding hydrogens is 423 g/mol. The van der Waals surface area contributed by atoms with Crippen LogP contribution in [0.3, 0.4) is 0 Å². The lowest BCUT2D eigenvalue weighted by Gasteiger charge is -2.43. The molecule has 2 fully saturated rings. The van der Waals surface area contributed by atoms with Crippen molar-refractivity contribution < 1.29 is 23.1 Å². The van der Waals surface area contributed by atoms with Crippen LogP contribution in [-0.2, 0) is 13.2 Å². The van der Waals surface area contributed by atoms with Crippen LogP contribution in [0.1, 0.15) is 34.5 Å². The number of nitriles is 1. The molecule has 1 amide bonds. The molecule has 0 saturated carbocycles. The molecule has 2 aromatic rings. The van der Waals surface area contributed by atoms with Crippen molar-refractivity contribution in [3.8, 4) is 6.07 Å². The minimum Gasteiger partial charge on any atom is -0.396 e. The molecule has 1 N–H and O–H groups in total. The van der Waals surface area contributed by atoms with E-state index in [2.05, 4.69) is 5.10 Å². The van der Waals surface area contributed by atoms with Gasteiger partial charge in [0.05, 0.1) is 17.2 Å². The molecule has 0 aliphatic carbocycles. The van der Waals surface area contributed by atoms with Gasteiger partial charge < -0.3 is 14.9 Å². The Kier molecular flexibility index (Phi) is 5.63. The van der Waals surface area contributed by atoms with Crippen LogP contribution in [0.4, 0.5) is 18.9 Å². The zero-order valence-electron chi connectivity index (χ0n) is 17.6. The molecule has 2 aliphatic rings. The van der Waals surface area contributed by atoms with Crippen molar-refractivity contribution in [2.24, 2.45) is 18.4 Å². The second-order valence-electron chi connectivity index (χ2n) is 8.59. The largest absolute Gasteiger partial charge is 0.417 e. The fourth-order valence-electron chi connectivity index (χ4n) is 5.02. The molecule has 1 aromatic heterocycles. The average Bonchev–Trinajstić information content (AvgIpc) is 3.36. The van der Waals surface area contributed by atoms with Gasteiger partial charge in [0.1, 0.15) is 5.69 Å². The zero-order valence-corrected chi connectivity index (χ0v) is 17.6. The second kappa shape index (κ2) is 8.13. The molecule has 4 rings (SSSR count). The molecule has 1 atom stereocenters. The SMILES string of the molecule is Cn1nccc1C(=O)N1CC(CO)C2(CCN(c3ccc(C#N)c(C(F)(F)F)c3)CC2)C1. The van der Waals surface area contributed by atoms with E-state index in [4.69, 9.17) is 5.26 Å². The monoisotopic (exact) mass is 447 g/mol. The number of anilines is 1. The van der Waals surface area contributed by atoms with Crippen LogP contribution in [0.5, 0.6) is 0 Å². The standard InChI is InChI=1S/C22H24F3N5O2/c1-28-19(4-7-27-28)20(32)30-12-16(13-31)21(14-30)5-8-29(9-6-21)17-3-2-15(11-26)18(10-17)22(23,24)25/h2-4,7,10,16,31H,5-6,8-9,12-14H2,1H3. The van der Waals surface area contributed by atoms with Crippen molar-refractivity contribution in [2.45, 2.75) is 19.0 Å². The number of likely N-dealkylation sites (tertiary alicyclic amines) is 1. The third kappa shape index (κ3) is 3.81. The van der Waals surface area contributed by atoms with Crippen molar-refractivity contribution in [1.82, 2.24) is 14.7 Å². The summed E-state index contributed by atoms with van der Waals surface area (Å²) in [5, 5.41) is 23.1. The normalized spacial score (nSPS) is 20.6. The number of amides is 1. The summed E-state index contributed by atoms with van der Waals surface area (Å²) in [6, 6.07) is 7.06. The number of carbonyl (C=O) groups excluding carboxylic acids is 1. The van der Waals surface area contributed by atoms with Crippen molar-refractivity contribution in [2.75, 3.05) is 37.7 Å². The highest BCUT2D eigenvalue weighted by atomic mass is 19.4. The quantitative estimate of drug-likeness (QED) is 0.782. The highest BCUT2D eigenvalue weighted by Gasteiger charge is 2.49. The van der Waals surface area contributed by atoms with Crippen molar-refractivity contribution in [3.05, 3.63) is 47.3 Å². The van der Waals surface area contributed by atoms with Gasteiger partial charge in [-0.3, -0.25) is 9.48 Å². The first-order chi connectivity index (χ1) is 15.2. The van der Waals surface area contributed by atoms with Crippen LogP contribution in [0.2, 0.25) is 0 Å². The number of rotatable bonds is 3. The zero-order chi connectivity index (χ0) is 23.1. The molecular formula is C22H24F3N5O2. The van der Waals surface area contributed by atoms with Crippen LogP contribution in [-0.4, -0.2) is 58.5 Å². The third-order valence-electron chi connectivity index (χ3n) is 6.91. The number of aryl methyl sites for hydroxylation is 1. The second-order valence-corrected chi connectivity index (χ2v) is 8.59. The number of hydrogen-bond donors (Lipinski definition) is 1. The molecule has 1 unspecified atom stereocenters. The Morgan fingerprint density at radius 2 is 2.03 bits per heavy atom. The molecule has 7 nitrogen and oxygen atoms in total. The number of alkyl halides is 3. The van der Waals surface area contributed by atoms with Gasteiger partial charge in [-0.2, -0.15) is 23.5 Å². The summed E-state index contributed by atoms with van der Waals surface area (Å²) in [6.07, 6.45) is -1.74. The number of aliphatic hydroxyl groups excluding tert-OH is 1. The number of benzene rings is 1. The smallest absolute Gasteiger partial charge is 0.396 e. The van der Waals surface area contributed by atoms with E-state index >= 15 is 0 Å². The predicted molar refractivity (Wildman–Crippen MR) is 110 cm³/mol. The van der Waals surface area contributed by atoms with Crippen molar-refractivity contribution in [1.29, 1.82) is 5.26 Å². The Hall–Kier alpha value is -3.06. The van der Waals surface area contributed by atoms with Gasteiger partial charge in [0.15, 0.2) is 0 Å². The number of piperidine rings is 1. The van der Waals surface area contributed by atoms with Gasteiger partial charge in [-0.05, 0) is 42.5 Å². The van der Waals surface area contributed by atoms with Gasteiger partial charge in [-0.25, -0.2) is 0 Å². The fraction of sp³-hybridized carbons (Fsp3) is 0.500. The molecule has 1 aromatic carbocycles. The summed E-state index contributed by atoms with van der Waals surface area (Å²) >= 11 is 0. The van der Waals surface area contributed by atoms with Gasteiger partial charge in [0.25, 0.3) is 5.91 Å². The molecule has 2 aliphatic heterocycles. The van der Waals surface area contributed by atoms with E-state index in [-0.39, 0.29) is 23.8 Å². The maximum atomic E-state index is 13.3. The van der Waals surface area contributed by atoms with Gasteiger partial charge in [-0.15, -0.1) is 0 Å². The van der Waals surface area contributed by atoms with E-state index in [1.807, 2.05) is 4.90 Å². The molecule has 32 heavy (non-hydrogen) atoms. The van der Waals surface area contributed by atoms with Crippen LogP contribution in [0, 0.1) is 22.7 Å². The first-order valence-corrected chi connectivity index (χ1v) is 10.4. The van der Waals surface area contributed by atoms with E-state index < -0.39 is 17.3 Å². The van der Waals surface area contributed by atoms with Crippen LogP contribution in [0.25, 0.3) is 0 Å². The molecule has 170 valence electrons. The predicted octanol–water partition coefficient (Wildman–Crippen LogP) is 2.66. The average molecular weight is 447 g/mol. The third-order valence-corrected chi connectivity index (χ3v) is 6.91. The topological polar surface area (TPSA) is 85.4 Å². The van der Waals surface area contributed by atoms with Crippen LogP contribution < -0.4 is 4.90 Å². The summed E-state index contributed by atoms with van der Waals surface area (Å²) < 4.78 is 41.5. The van der Waals surface area contributed by atoms with Gasteiger partial charge in [0.2, 0.25) is 0 Å². The summed E-state index contributed by atoms with van der Waals surface area (Å²) in [4.78, 5) is 16.6. The minimum atomic E-state index is -4.60. The highest BCUT2D eigenvalue weighted by molar-refractivity contribution is 5.92. The number of nitrogens with zero attached hydrogens (tertiary/aromatic N) is 5. The maximum absolute atomic E-state index is 13.3. The number of hydrogen-bond acceptors (Lipinski definition) is 5. The Bertz CT molecular complexity index is 1050. The van der Waals surface area contributed by atoms with Crippen LogP contribution >= 0.6 is 0 Å². The molecule has 2 saturated heterocycles. The molecule has 0 bridgehead atoms. The summed E-state index contributed by atoms with van der Waals surface area (Å²) in [6.45, 7) is 1.90. The molecule has 0 radical (unpaired) electrons. The number of aromatic nitrogens is 2. The molecule has 10 heteroatoms. The van der Waals surface area contributed by atoms with E-state index in [0.717, 1.165) is 6.07 Å². The fourth-order valence-corrected chi connectivity index (χ4v) is 5.02. The van der Waals surface area contributed by atoms with Gasteiger partial charge in [-0.1, -0.05) is 0 Å². The molecule has 1 spiro atoms. The molecule has 3 heterocycles. The van der Waals surface area contributed by atoms with E-state index in [0.29, 0.717) is 50.4 Å². The first-order valence-electron chi connectivity index (χ1n) is 10.4. The minimum absolute atomic E-state index is 0.0513. The van der Waals surface area contributed by atoms with Crippen molar-refractivity contribution >= 4 is 11.6 Å².